The molecule has 0 aliphatic carbocycles. The summed E-state index contributed by atoms with van der Waals surface area (Å²) in [4.78, 5) is 0. The van der Waals surface area contributed by atoms with Gasteiger partial charge in [-0.1, -0.05) is 6.07 Å². The Morgan fingerprint density at radius 3 is 2.25 bits per heavy atom. The van der Waals surface area contributed by atoms with Gasteiger partial charge >= 0.3 is 0 Å². The van der Waals surface area contributed by atoms with Gasteiger partial charge in [0.1, 0.15) is 12.4 Å². The van der Waals surface area contributed by atoms with Gasteiger partial charge in [-0.25, -0.2) is 13.2 Å². The molecule has 0 aliphatic heterocycles. The van der Waals surface area contributed by atoms with E-state index < -0.39 is 17.4 Å². The fourth-order valence-corrected chi connectivity index (χ4v) is 1.84. The first-order chi connectivity index (χ1) is 9.51. The van der Waals surface area contributed by atoms with Crippen LogP contribution in [0.15, 0.2) is 30.3 Å². The van der Waals surface area contributed by atoms with E-state index in [1.165, 1.54) is 18.2 Å². The van der Waals surface area contributed by atoms with Crippen LogP contribution in [0.5, 0.6) is 5.75 Å². The van der Waals surface area contributed by atoms with E-state index in [-0.39, 0.29) is 19.0 Å². The average Bonchev–Trinajstić information content (AvgIpc) is 2.39. The number of rotatable bonds is 4. The van der Waals surface area contributed by atoms with Crippen LogP contribution in [0.2, 0.25) is 0 Å². The van der Waals surface area contributed by atoms with Gasteiger partial charge in [0.2, 0.25) is 0 Å². The lowest BCUT2D eigenvalue weighted by atomic mass is 10.1. The number of halogens is 3. The van der Waals surface area contributed by atoms with E-state index in [0.29, 0.717) is 16.7 Å². The van der Waals surface area contributed by atoms with Gasteiger partial charge in [-0.3, -0.25) is 0 Å². The second-order valence-electron chi connectivity index (χ2n) is 4.45. The van der Waals surface area contributed by atoms with Crippen LogP contribution in [-0.4, -0.2) is 0 Å². The molecule has 0 atom stereocenters. The van der Waals surface area contributed by atoms with Crippen molar-refractivity contribution in [2.24, 2.45) is 5.73 Å². The second kappa shape index (κ2) is 5.96. The normalized spacial score (nSPS) is 10.7. The molecule has 2 aromatic rings. The molecular formula is C15H14F3NO. The molecule has 0 aliphatic rings. The summed E-state index contributed by atoms with van der Waals surface area (Å²) in [7, 11) is 0. The van der Waals surface area contributed by atoms with Crippen LogP contribution >= 0.6 is 0 Å². The Bertz CT molecular complexity index is 606. The van der Waals surface area contributed by atoms with E-state index in [2.05, 4.69) is 0 Å². The molecule has 0 saturated carbocycles. The van der Waals surface area contributed by atoms with Gasteiger partial charge in [-0.2, -0.15) is 0 Å². The van der Waals surface area contributed by atoms with Gasteiger partial charge in [0.15, 0.2) is 17.4 Å². The molecule has 0 fully saturated rings. The summed E-state index contributed by atoms with van der Waals surface area (Å²) in [6.45, 7) is 1.71. The molecular weight excluding hydrogens is 267 g/mol. The monoisotopic (exact) mass is 281 g/mol. The second-order valence-corrected chi connectivity index (χ2v) is 4.45. The standard InChI is InChI=1S/C15H14F3NO/c1-9-4-12(16)3-2-11(9)8-20-15-13(17)5-10(7-19)6-14(15)18/h2-6H,7-8,19H2,1H3. The summed E-state index contributed by atoms with van der Waals surface area (Å²) in [5, 5.41) is 0. The topological polar surface area (TPSA) is 35.2 Å². The molecule has 0 aromatic heterocycles. The van der Waals surface area contributed by atoms with Crippen molar-refractivity contribution in [3.63, 3.8) is 0 Å². The van der Waals surface area contributed by atoms with Crippen molar-refractivity contribution in [2.75, 3.05) is 0 Å². The number of benzene rings is 2. The van der Waals surface area contributed by atoms with Crippen molar-refractivity contribution in [3.05, 3.63) is 64.5 Å². The highest BCUT2D eigenvalue weighted by atomic mass is 19.1. The van der Waals surface area contributed by atoms with Gasteiger partial charge in [0.05, 0.1) is 0 Å². The summed E-state index contributed by atoms with van der Waals surface area (Å²) < 4.78 is 45.5. The molecule has 2 aromatic carbocycles. The van der Waals surface area contributed by atoms with E-state index >= 15 is 0 Å². The Morgan fingerprint density at radius 1 is 1.05 bits per heavy atom. The van der Waals surface area contributed by atoms with Crippen molar-refractivity contribution in [3.8, 4) is 5.75 Å². The Kier molecular flexibility index (Phi) is 4.29. The summed E-state index contributed by atoms with van der Waals surface area (Å²) in [6.07, 6.45) is 0. The lowest BCUT2D eigenvalue weighted by Gasteiger charge is -2.11. The molecule has 0 spiro atoms. The van der Waals surface area contributed by atoms with Gasteiger partial charge < -0.3 is 10.5 Å². The molecule has 106 valence electrons. The van der Waals surface area contributed by atoms with Crippen LogP contribution in [-0.2, 0) is 13.2 Å². The minimum atomic E-state index is -0.801. The molecule has 0 heterocycles. The Balaban J connectivity index is 2.19. The maximum Gasteiger partial charge on any atom is 0.191 e. The largest absolute Gasteiger partial charge is 0.483 e. The van der Waals surface area contributed by atoms with E-state index in [4.69, 9.17) is 10.5 Å². The molecule has 20 heavy (non-hydrogen) atoms. The highest BCUT2D eigenvalue weighted by Gasteiger charge is 2.13. The highest BCUT2D eigenvalue weighted by molar-refractivity contribution is 5.32. The van der Waals surface area contributed by atoms with E-state index in [9.17, 15) is 13.2 Å². The zero-order chi connectivity index (χ0) is 14.7. The Morgan fingerprint density at radius 2 is 1.70 bits per heavy atom. The minimum Gasteiger partial charge on any atom is -0.483 e. The smallest absolute Gasteiger partial charge is 0.191 e. The number of hydrogen-bond acceptors (Lipinski definition) is 2. The SMILES string of the molecule is Cc1cc(F)ccc1COc1c(F)cc(CN)cc1F. The molecule has 0 radical (unpaired) electrons. The summed E-state index contributed by atoms with van der Waals surface area (Å²) >= 11 is 0. The minimum absolute atomic E-state index is 0.0398. The fraction of sp³-hybridized carbons (Fsp3) is 0.200. The maximum atomic E-state index is 13.7. The summed E-state index contributed by atoms with van der Waals surface area (Å²) in [6, 6.07) is 6.40. The first-order valence-electron chi connectivity index (χ1n) is 6.07. The van der Waals surface area contributed by atoms with Crippen LogP contribution in [0, 0.1) is 24.4 Å². The van der Waals surface area contributed by atoms with Crippen molar-refractivity contribution < 1.29 is 17.9 Å². The molecule has 0 amide bonds. The molecule has 2 N–H and O–H groups in total. The average molecular weight is 281 g/mol. The molecule has 2 rings (SSSR count). The Hall–Kier alpha value is -2.01. The van der Waals surface area contributed by atoms with Crippen molar-refractivity contribution >= 4 is 0 Å². The highest BCUT2D eigenvalue weighted by Crippen LogP contribution is 2.24. The van der Waals surface area contributed by atoms with E-state index in [1.807, 2.05) is 0 Å². The summed E-state index contributed by atoms with van der Waals surface area (Å²) in [5.41, 5.74) is 7.00. The number of aryl methyl sites for hydroxylation is 1. The third-order valence-electron chi connectivity index (χ3n) is 2.97. The lowest BCUT2D eigenvalue weighted by molar-refractivity contribution is 0.273. The third-order valence-corrected chi connectivity index (χ3v) is 2.97. The number of nitrogens with two attached hydrogens (primary N) is 1. The predicted octanol–water partition coefficient (Wildman–Crippen LogP) is 3.45. The summed E-state index contributed by atoms with van der Waals surface area (Å²) in [5.74, 6) is -2.42. The van der Waals surface area contributed by atoms with Gasteiger partial charge in [-0.05, 0) is 47.9 Å². The first-order valence-corrected chi connectivity index (χ1v) is 6.07. The number of hydrogen-bond donors (Lipinski definition) is 1. The maximum absolute atomic E-state index is 13.7. The molecule has 0 bridgehead atoms. The molecule has 0 saturated heterocycles. The van der Waals surface area contributed by atoms with Gasteiger partial charge in [0.25, 0.3) is 0 Å². The van der Waals surface area contributed by atoms with Crippen LogP contribution in [0.3, 0.4) is 0 Å². The lowest BCUT2D eigenvalue weighted by Crippen LogP contribution is -2.04. The van der Waals surface area contributed by atoms with E-state index in [0.717, 1.165) is 12.1 Å². The first kappa shape index (κ1) is 14.4. The Labute approximate surface area is 115 Å². The van der Waals surface area contributed by atoms with Gasteiger partial charge in [0, 0.05) is 6.54 Å². The fourth-order valence-electron chi connectivity index (χ4n) is 1.84. The van der Waals surface area contributed by atoms with Crippen molar-refractivity contribution in [1.82, 2.24) is 0 Å². The quantitative estimate of drug-likeness (QED) is 0.931. The zero-order valence-corrected chi connectivity index (χ0v) is 10.9. The predicted molar refractivity (Wildman–Crippen MR) is 69.7 cm³/mol. The van der Waals surface area contributed by atoms with Gasteiger partial charge in [-0.15, -0.1) is 0 Å². The van der Waals surface area contributed by atoms with Crippen LogP contribution in [0.1, 0.15) is 16.7 Å². The molecule has 5 heteroatoms. The molecule has 0 unspecified atom stereocenters. The number of ether oxygens (including phenoxy) is 1. The molecule has 2 nitrogen and oxygen atoms in total. The van der Waals surface area contributed by atoms with E-state index in [1.54, 1.807) is 6.92 Å². The zero-order valence-electron chi connectivity index (χ0n) is 10.9. The van der Waals surface area contributed by atoms with Crippen molar-refractivity contribution in [1.29, 1.82) is 0 Å². The van der Waals surface area contributed by atoms with Crippen molar-refractivity contribution in [2.45, 2.75) is 20.1 Å². The van der Waals surface area contributed by atoms with Crippen LogP contribution in [0.25, 0.3) is 0 Å². The van der Waals surface area contributed by atoms with Crippen LogP contribution in [0.4, 0.5) is 13.2 Å². The third kappa shape index (κ3) is 3.11. The van der Waals surface area contributed by atoms with Crippen LogP contribution < -0.4 is 10.5 Å².